The first-order valence-corrected chi connectivity index (χ1v) is 10.4. The number of allylic oxidation sites excluding steroid dienone is 2. The van der Waals surface area contributed by atoms with Crippen LogP contribution in [0.5, 0.6) is 0 Å². The summed E-state index contributed by atoms with van der Waals surface area (Å²) in [5.74, 6) is 9.36. The molecular formula is C25H34. The first-order chi connectivity index (χ1) is 12.2. The number of aryl methyl sites for hydroxylation is 1. The Bertz CT molecular complexity index is 654. The van der Waals surface area contributed by atoms with Crippen molar-refractivity contribution in [2.45, 2.75) is 78.1 Å². The second kappa shape index (κ2) is 8.75. The molecule has 3 rings (SSSR count). The van der Waals surface area contributed by atoms with Crippen molar-refractivity contribution in [2.24, 2.45) is 17.8 Å². The summed E-state index contributed by atoms with van der Waals surface area (Å²) in [6.07, 6.45) is 15.2. The molecule has 1 aromatic rings. The van der Waals surface area contributed by atoms with Gasteiger partial charge in [-0.05, 0) is 85.8 Å². The molecule has 0 amide bonds. The van der Waals surface area contributed by atoms with Crippen LogP contribution in [0.1, 0.15) is 81.9 Å². The van der Waals surface area contributed by atoms with Crippen LogP contribution in [0, 0.1) is 29.6 Å². The number of fused-ring (bicyclic) bond motifs is 3. The number of unbranched alkanes of at least 4 members (excludes halogenated alkanes) is 1. The SMILES string of the molecule is CC#CCC(C)C/C=C/C1CCC2Cc3c(CCCC)cccc3C12. The van der Waals surface area contributed by atoms with E-state index in [0.29, 0.717) is 5.92 Å². The van der Waals surface area contributed by atoms with Crippen LogP contribution in [0.3, 0.4) is 0 Å². The normalized spacial score (nSPS) is 25.5. The van der Waals surface area contributed by atoms with Crippen molar-refractivity contribution in [1.29, 1.82) is 0 Å². The summed E-state index contributed by atoms with van der Waals surface area (Å²) in [6.45, 7) is 6.55. The third-order valence-corrected chi connectivity index (χ3v) is 6.32. The monoisotopic (exact) mass is 334 g/mol. The molecule has 0 N–H and O–H groups in total. The minimum atomic E-state index is 0.678. The molecule has 25 heavy (non-hydrogen) atoms. The van der Waals surface area contributed by atoms with Crippen molar-refractivity contribution in [1.82, 2.24) is 0 Å². The van der Waals surface area contributed by atoms with Crippen LogP contribution in [0.2, 0.25) is 0 Å². The van der Waals surface area contributed by atoms with Crippen LogP contribution < -0.4 is 0 Å². The molecule has 0 heteroatoms. The second-order valence-corrected chi connectivity index (χ2v) is 8.22. The molecule has 0 nitrogen and oxygen atoms in total. The van der Waals surface area contributed by atoms with E-state index in [9.17, 15) is 0 Å². The topological polar surface area (TPSA) is 0 Å². The van der Waals surface area contributed by atoms with Gasteiger partial charge >= 0.3 is 0 Å². The zero-order valence-corrected chi connectivity index (χ0v) is 16.4. The van der Waals surface area contributed by atoms with Gasteiger partial charge in [-0.1, -0.05) is 50.6 Å². The number of benzene rings is 1. The zero-order valence-electron chi connectivity index (χ0n) is 16.4. The van der Waals surface area contributed by atoms with Gasteiger partial charge in [0.25, 0.3) is 0 Å². The molecule has 2 aliphatic carbocycles. The van der Waals surface area contributed by atoms with Crippen molar-refractivity contribution in [2.75, 3.05) is 0 Å². The van der Waals surface area contributed by atoms with Gasteiger partial charge in [0.2, 0.25) is 0 Å². The molecular weight excluding hydrogens is 300 g/mol. The summed E-state index contributed by atoms with van der Waals surface area (Å²) in [6, 6.07) is 7.13. The van der Waals surface area contributed by atoms with Crippen LogP contribution in [0.25, 0.3) is 0 Å². The van der Waals surface area contributed by atoms with Gasteiger partial charge in [-0.25, -0.2) is 0 Å². The van der Waals surface area contributed by atoms with Crippen molar-refractivity contribution >= 4 is 0 Å². The summed E-state index contributed by atoms with van der Waals surface area (Å²) in [5.41, 5.74) is 5.05. The van der Waals surface area contributed by atoms with E-state index in [1.807, 2.05) is 6.92 Å². The Balaban J connectivity index is 1.68. The fraction of sp³-hybridized carbons (Fsp3) is 0.600. The first-order valence-electron chi connectivity index (χ1n) is 10.4. The molecule has 1 saturated carbocycles. The minimum absolute atomic E-state index is 0.678. The van der Waals surface area contributed by atoms with Crippen molar-refractivity contribution < 1.29 is 0 Å². The molecule has 0 aliphatic heterocycles. The highest BCUT2D eigenvalue weighted by Gasteiger charge is 2.41. The molecule has 1 aromatic carbocycles. The van der Waals surface area contributed by atoms with Gasteiger partial charge in [0.1, 0.15) is 0 Å². The maximum atomic E-state index is 3.22. The van der Waals surface area contributed by atoms with Gasteiger partial charge in [0.05, 0.1) is 0 Å². The van der Waals surface area contributed by atoms with Crippen LogP contribution in [-0.2, 0) is 12.8 Å². The average Bonchev–Trinajstić information content (AvgIpc) is 3.18. The standard InChI is InChI=1S/C25H34/c1-4-6-10-19(3)11-8-14-21-16-17-22-18-24-20(12-7-5-2)13-9-15-23(24)25(21)22/h8-9,13-15,19,21-22,25H,5,7,10-12,16-18H2,1-3H3/b14-8+. The fourth-order valence-electron chi connectivity index (χ4n) is 4.97. The number of hydrogen-bond acceptors (Lipinski definition) is 0. The van der Waals surface area contributed by atoms with E-state index in [-0.39, 0.29) is 0 Å². The highest BCUT2D eigenvalue weighted by atomic mass is 14.5. The lowest BCUT2D eigenvalue weighted by atomic mass is 9.87. The van der Waals surface area contributed by atoms with Crippen molar-refractivity contribution in [3.05, 3.63) is 47.0 Å². The average molecular weight is 335 g/mol. The molecule has 0 radical (unpaired) electrons. The Morgan fingerprint density at radius 2 is 2.16 bits per heavy atom. The second-order valence-electron chi connectivity index (χ2n) is 8.22. The fourth-order valence-corrected chi connectivity index (χ4v) is 4.97. The molecule has 2 aliphatic rings. The van der Waals surface area contributed by atoms with Crippen LogP contribution in [-0.4, -0.2) is 0 Å². The molecule has 0 aromatic heterocycles. The van der Waals surface area contributed by atoms with E-state index in [0.717, 1.165) is 24.2 Å². The lowest BCUT2D eigenvalue weighted by Gasteiger charge is -2.18. The Labute approximate surface area is 155 Å². The lowest BCUT2D eigenvalue weighted by molar-refractivity contribution is 0.491. The quantitative estimate of drug-likeness (QED) is 0.385. The maximum Gasteiger partial charge on any atom is 0.0117 e. The van der Waals surface area contributed by atoms with Gasteiger partial charge in [-0.3, -0.25) is 0 Å². The maximum absolute atomic E-state index is 3.22. The number of rotatable bonds is 7. The van der Waals surface area contributed by atoms with Gasteiger partial charge in [-0.15, -0.1) is 11.8 Å². The van der Waals surface area contributed by atoms with Crippen molar-refractivity contribution in [3.8, 4) is 11.8 Å². The Hall–Kier alpha value is -1.48. The van der Waals surface area contributed by atoms with E-state index in [1.165, 1.54) is 44.9 Å². The van der Waals surface area contributed by atoms with E-state index in [2.05, 4.69) is 56.0 Å². The Kier molecular flexibility index (Phi) is 6.41. The summed E-state index contributed by atoms with van der Waals surface area (Å²) in [4.78, 5) is 0. The van der Waals surface area contributed by atoms with Gasteiger partial charge < -0.3 is 0 Å². The largest absolute Gasteiger partial charge is 0.107 e. The smallest absolute Gasteiger partial charge is 0.0117 e. The third kappa shape index (κ3) is 4.20. The number of hydrogen-bond donors (Lipinski definition) is 0. The molecule has 0 spiro atoms. The van der Waals surface area contributed by atoms with E-state index in [4.69, 9.17) is 0 Å². The predicted octanol–water partition coefficient (Wildman–Crippen LogP) is 6.69. The summed E-state index contributed by atoms with van der Waals surface area (Å²) in [7, 11) is 0. The summed E-state index contributed by atoms with van der Waals surface area (Å²) < 4.78 is 0. The Morgan fingerprint density at radius 1 is 1.28 bits per heavy atom. The van der Waals surface area contributed by atoms with Gasteiger partial charge in [0.15, 0.2) is 0 Å². The minimum Gasteiger partial charge on any atom is -0.107 e. The molecule has 4 unspecified atom stereocenters. The zero-order chi connectivity index (χ0) is 17.6. The molecule has 0 bridgehead atoms. The highest BCUT2D eigenvalue weighted by Crippen LogP contribution is 2.52. The van der Waals surface area contributed by atoms with Gasteiger partial charge in [0, 0.05) is 6.42 Å². The molecule has 0 saturated heterocycles. The van der Waals surface area contributed by atoms with Crippen LogP contribution in [0.4, 0.5) is 0 Å². The van der Waals surface area contributed by atoms with Crippen LogP contribution in [0.15, 0.2) is 30.4 Å². The molecule has 1 fully saturated rings. The Morgan fingerprint density at radius 3 is 2.96 bits per heavy atom. The first kappa shape index (κ1) is 18.3. The molecule has 0 heterocycles. The van der Waals surface area contributed by atoms with Crippen LogP contribution >= 0.6 is 0 Å². The van der Waals surface area contributed by atoms with E-state index >= 15 is 0 Å². The predicted molar refractivity (Wildman–Crippen MR) is 109 cm³/mol. The van der Waals surface area contributed by atoms with E-state index < -0.39 is 0 Å². The molecule has 134 valence electrons. The lowest BCUT2D eigenvalue weighted by Crippen LogP contribution is -2.06. The van der Waals surface area contributed by atoms with Gasteiger partial charge in [-0.2, -0.15) is 0 Å². The highest BCUT2D eigenvalue weighted by molar-refractivity contribution is 5.44. The summed E-state index contributed by atoms with van der Waals surface area (Å²) >= 11 is 0. The third-order valence-electron chi connectivity index (χ3n) is 6.32. The molecule has 4 atom stereocenters. The van der Waals surface area contributed by atoms with E-state index in [1.54, 1.807) is 16.7 Å². The summed E-state index contributed by atoms with van der Waals surface area (Å²) in [5, 5.41) is 0. The van der Waals surface area contributed by atoms with Crippen molar-refractivity contribution in [3.63, 3.8) is 0 Å².